The molecule has 2 fully saturated rings. The first-order chi connectivity index (χ1) is 9.00. The zero-order valence-electron chi connectivity index (χ0n) is 11.4. The summed E-state index contributed by atoms with van der Waals surface area (Å²) in [4.78, 5) is 14.5. The fourth-order valence-corrected chi connectivity index (χ4v) is 4.39. The van der Waals surface area contributed by atoms with Crippen molar-refractivity contribution in [2.24, 2.45) is 0 Å². The van der Waals surface area contributed by atoms with Crippen molar-refractivity contribution in [2.45, 2.75) is 25.3 Å². The van der Waals surface area contributed by atoms with Gasteiger partial charge in [0.1, 0.15) is 15.4 Å². The van der Waals surface area contributed by atoms with Gasteiger partial charge in [-0.25, -0.2) is 8.42 Å². The maximum absolute atomic E-state index is 12.4. The van der Waals surface area contributed by atoms with E-state index in [-0.39, 0.29) is 17.5 Å². The number of esters is 1. The minimum Gasteiger partial charge on any atom is -0.465 e. The fraction of sp³-hybridized carbons (Fsp3) is 0.917. The molecule has 2 rings (SSSR count). The minimum atomic E-state index is -2.99. The summed E-state index contributed by atoms with van der Waals surface area (Å²) in [5, 5.41) is 3.25. The maximum Gasteiger partial charge on any atom is 0.326 e. The lowest BCUT2D eigenvalue weighted by Crippen LogP contribution is -2.63. The number of carbonyl (C=O) groups excluding carboxylic acids is 1. The first kappa shape index (κ1) is 14.7. The lowest BCUT2D eigenvalue weighted by Gasteiger charge is -2.45. The molecule has 0 aliphatic carbocycles. The molecule has 0 unspecified atom stereocenters. The van der Waals surface area contributed by atoms with Crippen LogP contribution in [-0.4, -0.2) is 69.1 Å². The summed E-state index contributed by atoms with van der Waals surface area (Å²) in [6, 6.07) is 0. The van der Waals surface area contributed by atoms with E-state index in [9.17, 15) is 13.2 Å². The molecule has 7 heteroatoms. The van der Waals surface area contributed by atoms with E-state index in [1.165, 1.54) is 0 Å². The van der Waals surface area contributed by atoms with Crippen LogP contribution in [0.1, 0.15) is 19.8 Å². The molecule has 110 valence electrons. The summed E-state index contributed by atoms with van der Waals surface area (Å²) < 4.78 is 28.4. The first-order valence-electron chi connectivity index (χ1n) is 6.83. The summed E-state index contributed by atoms with van der Waals surface area (Å²) in [7, 11) is -2.99. The molecule has 0 spiro atoms. The smallest absolute Gasteiger partial charge is 0.326 e. The van der Waals surface area contributed by atoms with Crippen molar-refractivity contribution in [1.82, 2.24) is 10.2 Å². The molecular weight excluding hydrogens is 268 g/mol. The van der Waals surface area contributed by atoms with Gasteiger partial charge in [-0.2, -0.15) is 0 Å². The topological polar surface area (TPSA) is 75.7 Å². The molecule has 0 saturated carbocycles. The second-order valence-electron chi connectivity index (χ2n) is 5.14. The van der Waals surface area contributed by atoms with Gasteiger partial charge in [0.05, 0.1) is 18.1 Å². The summed E-state index contributed by atoms with van der Waals surface area (Å²) in [5.74, 6) is -0.0994. The Morgan fingerprint density at radius 1 is 1.26 bits per heavy atom. The Morgan fingerprint density at radius 2 is 1.84 bits per heavy atom. The maximum atomic E-state index is 12.4. The summed E-state index contributed by atoms with van der Waals surface area (Å²) in [6.45, 7) is 5.29. The number of piperazine rings is 1. The molecule has 0 radical (unpaired) electrons. The number of carbonyl (C=O) groups is 1. The van der Waals surface area contributed by atoms with Gasteiger partial charge in [-0.1, -0.05) is 0 Å². The number of hydrogen-bond donors (Lipinski definition) is 1. The van der Waals surface area contributed by atoms with Gasteiger partial charge in [0.25, 0.3) is 0 Å². The van der Waals surface area contributed by atoms with Gasteiger partial charge >= 0.3 is 5.97 Å². The SMILES string of the molecule is CCOC(=O)C1(N2CCNCC2)CCS(=O)(=O)CC1. The Bertz CT molecular complexity index is 415. The number of rotatable bonds is 3. The van der Waals surface area contributed by atoms with E-state index in [4.69, 9.17) is 4.74 Å². The van der Waals surface area contributed by atoms with Crippen molar-refractivity contribution in [3.8, 4) is 0 Å². The van der Waals surface area contributed by atoms with Crippen LogP contribution in [-0.2, 0) is 19.4 Å². The standard InChI is InChI=1S/C12H22N2O4S/c1-2-18-11(15)12(14-7-5-13-6-8-14)3-9-19(16,17)10-4-12/h13H,2-10H2,1H3. The van der Waals surface area contributed by atoms with Crippen molar-refractivity contribution < 1.29 is 17.9 Å². The molecule has 2 aliphatic heterocycles. The lowest BCUT2D eigenvalue weighted by atomic mass is 9.89. The highest BCUT2D eigenvalue weighted by atomic mass is 32.2. The largest absolute Gasteiger partial charge is 0.465 e. The molecule has 0 aromatic rings. The number of sulfone groups is 1. The van der Waals surface area contributed by atoms with Gasteiger partial charge in [-0.3, -0.25) is 9.69 Å². The number of hydrogen-bond acceptors (Lipinski definition) is 6. The van der Waals surface area contributed by atoms with E-state index in [0.717, 1.165) is 26.2 Å². The molecule has 1 N–H and O–H groups in total. The predicted octanol–water partition coefficient (Wildman–Crippen LogP) is -0.598. The normalized spacial score (nSPS) is 26.8. The van der Waals surface area contributed by atoms with Crippen molar-refractivity contribution >= 4 is 15.8 Å². The van der Waals surface area contributed by atoms with E-state index >= 15 is 0 Å². The van der Waals surface area contributed by atoms with E-state index in [2.05, 4.69) is 10.2 Å². The van der Waals surface area contributed by atoms with Gasteiger partial charge in [0.2, 0.25) is 0 Å². The number of ether oxygens (including phenoxy) is 1. The molecule has 0 aromatic carbocycles. The molecule has 0 bridgehead atoms. The van der Waals surface area contributed by atoms with Gasteiger partial charge in [0, 0.05) is 26.2 Å². The monoisotopic (exact) mass is 290 g/mol. The van der Waals surface area contributed by atoms with Crippen LogP contribution in [0.3, 0.4) is 0 Å². The van der Waals surface area contributed by atoms with E-state index < -0.39 is 15.4 Å². The molecule has 19 heavy (non-hydrogen) atoms. The Labute approximate surface area is 114 Å². The fourth-order valence-electron chi connectivity index (χ4n) is 2.88. The summed E-state index contributed by atoms with van der Waals surface area (Å²) in [6.07, 6.45) is 0.711. The van der Waals surface area contributed by atoms with Crippen molar-refractivity contribution in [3.05, 3.63) is 0 Å². The lowest BCUT2D eigenvalue weighted by molar-refractivity contribution is -0.159. The number of nitrogens with one attached hydrogen (secondary N) is 1. The average molecular weight is 290 g/mol. The Kier molecular flexibility index (Phi) is 4.47. The van der Waals surface area contributed by atoms with Crippen LogP contribution in [0.2, 0.25) is 0 Å². The number of nitrogens with zero attached hydrogens (tertiary/aromatic N) is 1. The van der Waals surface area contributed by atoms with Crippen LogP contribution in [0.25, 0.3) is 0 Å². The van der Waals surface area contributed by atoms with E-state index in [1.54, 1.807) is 6.92 Å². The summed E-state index contributed by atoms with van der Waals surface area (Å²) >= 11 is 0. The summed E-state index contributed by atoms with van der Waals surface area (Å²) in [5.41, 5.74) is -0.733. The van der Waals surface area contributed by atoms with Crippen LogP contribution < -0.4 is 5.32 Å². The van der Waals surface area contributed by atoms with Crippen molar-refractivity contribution in [1.29, 1.82) is 0 Å². The third-order valence-corrected chi connectivity index (χ3v) is 5.68. The highest BCUT2D eigenvalue weighted by Crippen LogP contribution is 2.32. The first-order valence-corrected chi connectivity index (χ1v) is 8.66. The second-order valence-corrected chi connectivity index (χ2v) is 7.44. The molecule has 0 aromatic heterocycles. The highest BCUT2D eigenvalue weighted by Gasteiger charge is 2.49. The predicted molar refractivity (Wildman–Crippen MR) is 71.7 cm³/mol. The Morgan fingerprint density at radius 3 is 2.37 bits per heavy atom. The van der Waals surface area contributed by atoms with Crippen LogP contribution >= 0.6 is 0 Å². The second kappa shape index (κ2) is 5.76. The van der Waals surface area contributed by atoms with Crippen LogP contribution in [0, 0.1) is 0 Å². The Balaban J connectivity index is 2.20. The third kappa shape index (κ3) is 3.09. The third-order valence-electron chi connectivity index (χ3n) is 4.03. The molecule has 6 nitrogen and oxygen atoms in total. The molecule has 0 amide bonds. The molecule has 2 heterocycles. The minimum absolute atomic E-state index is 0.0791. The van der Waals surface area contributed by atoms with Crippen molar-refractivity contribution in [2.75, 3.05) is 44.3 Å². The van der Waals surface area contributed by atoms with Gasteiger partial charge in [0.15, 0.2) is 0 Å². The molecule has 2 aliphatic rings. The van der Waals surface area contributed by atoms with Crippen LogP contribution in [0.4, 0.5) is 0 Å². The van der Waals surface area contributed by atoms with Gasteiger partial charge < -0.3 is 10.1 Å². The zero-order chi connectivity index (χ0) is 13.9. The van der Waals surface area contributed by atoms with Gasteiger partial charge in [-0.15, -0.1) is 0 Å². The molecular formula is C12H22N2O4S. The molecule has 2 saturated heterocycles. The van der Waals surface area contributed by atoms with E-state index in [0.29, 0.717) is 19.4 Å². The quantitative estimate of drug-likeness (QED) is 0.700. The highest BCUT2D eigenvalue weighted by molar-refractivity contribution is 7.91. The molecule has 0 atom stereocenters. The van der Waals surface area contributed by atoms with Crippen molar-refractivity contribution in [3.63, 3.8) is 0 Å². The van der Waals surface area contributed by atoms with Gasteiger partial charge in [-0.05, 0) is 19.8 Å². The zero-order valence-corrected chi connectivity index (χ0v) is 12.2. The van der Waals surface area contributed by atoms with Crippen LogP contribution in [0.15, 0.2) is 0 Å². The average Bonchev–Trinajstić information content (AvgIpc) is 2.40. The Hall–Kier alpha value is -0.660. The van der Waals surface area contributed by atoms with E-state index in [1.807, 2.05) is 0 Å². The van der Waals surface area contributed by atoms with Crippen LogP contribution in [0.5, 0.6) is 0 Å².